The molecule has 0 bridgehead atoms. The molecule has 0 aromatic heterocycles. The van der Waals surface area contributed by atoms with Crippen molar-refractivity contribution in [3.05, 3.63) is 51.4 Å². The Morgan fingerprint density at radius 3 is 2.11 bits per heavy atom. The second-order valence-corrected chi connectivity index (χ2v) is 7.09. The molecule has 0 saturated heterocycles. The van der Waals surface area contributed by atoms with E-state index in [9.17, 15) is 4.57 Å². The molecule has 2 aromatic carbocycles. The van der Waals surface area contributed by atoms with E-state index < -0.39 is 7.60 Å². The third-order valence-electron chi connectivity index (χ3n) is 2.44. The summed E-state index contributed by atoms with van der Waals surface area (Å²) in [5, 5.41) is 0.0253. The average Bonchev–Trinajstić information content (AvgIpc) is 2.31. The van der Waals surface area contributed by atoms with Crippen LogP contribution in [0.1, 0.15) is 0 Å². The molecule has 0 heterocycles. The highest BCUT2D eigenvalue weighted by molar-refractivity contribution is 9.11. The smallest absolute Gasteiger partial charge is 0.321 e. The fraction of sp³-hybridized carbons (Fsp3) is 0. The van der Waals surface area contributed by atoms with Gasteiger partial charge in [-0.05, 0) is 41.5 Å². The van der Waals surface area contributed by atoms with Crippen LogP contribution in [0.15, 0.2) is 51.4 Å². The predicted octanol–water partition coefficient (Wildman–Crippen LogP) is 3.68. The van der Waals surface area contributed by atoms with Crippen molar-refractivity contribution in [1.82, 2.24) is 0 Å². The van der Waals surface area contributed by atoms with E-state index in [4.69, 9.17) is 9.79 Å². The largest absolute Gasteiger partial charge is 0.356 e. The van der Waals surface area contributed by atoms with E-state index in [0.717, 1.165) is 20.1 Å². The topological polar surface area (TPSA) is 57.5 Å². The standard InChI is InChI=1S/C12H9Br2O3P/c13-9-3-6-12(14)11(7-9)8-1-4-10(5-2-8)18(15,16)17/h1-7H,(H2,15,16,17). The third kappa shape index (κ3) is 3.11. The lowest BCUT2D eigenvalue weighted by molar-refractivity contribution is 0.387. The molecule has 0 amide bonds. The van der Waals surface area contributed by atoms with Crippen molar-refractivity contribution in [3.8, 4) is 11.1 Å². The minimum atomic E-state index is -4.17. The van der Waals surface area contributed by atoms with Crippen LogP contribution in [-0.4, -0.2) is 9.79 Å². The Labute approximate surface area is 121 Å². The van der Waals surface area contributed by atoms with Crippen LogP contribution in [0.2, 0.25) is 0 Å². The van der Waals surface area contributed by atoms with Crippen molar-refractivity contribution in [1.29, 1.82) is 0 Å². The Morgan fingerprint density at radius 2 is 1.56 bits per heavy atom. The van der Waals surface area contributed by atoms with E-state index in [-0.39, 0.29) is 5.30 Å². The number of halogens is 2. The highest BCUT2D eigenvalue weighted by Gasteiger charge is 2.16. The van der Waals surface area contributed by atoms with Gasteiger partial charge in [0.1, 0.15) is 0 Å². The molecule has 0 radical (unpaired) electrons. The Balaban J connectivity index is 2.47. The third-order valence-corrected chi connectivity index (χ3v) is 4.60. The van der Waals surface area contributed by atoms with Crippen molar-refractivity contribution in [2.24, 2.45) is 0 Å². The van der Waals surface area contributed by atoms with Crippen LogP contribution in [0.5, 0.6) is 0 Å². The van der Waals surface area contributed by atoms with Crippen LogP contribution in [0, 0.1) is 0 Å². The summed E-state index contributed by atoms with van der Waals surface area (Å²) in [6.07, 6.45) is 0. The van der Waals surface area contributed by atoms with Crippen molar-refractivity contribution < 1.29 is 14.4 Å². The molecule has 0 fully saturated rings. The number of rotatable bonds is 2. The van der Waals surface area contributed by atoms with E-state index >= 15 is 0 Å². The summed E-state index contributed by atoms with van der Waals surface area (Å²) >= 11 is 6.85. The van der Waals surface area contributed by atoms with Crippen LogP contribution in [-0.2, 0) is 4.57 Å². The first kappa shape index (κ1) is 14.0. The van der Waals surface area contributed by atoms with E-state index in [1.807, 2.05) is 18.2 Å². The molecule has 0 spiro atoms. The minimum absolute atomic E-state index is 0.0253. The van der Waals surface area contributed by atoms with Crippen molar-refractivity contribution in [3.63, 3.8) is 0 Å². The average molecular weight is 392 g/mol. The second kappa shape index (κ2) is 5.27. The summed E-state index contributed by atoms with van der Waals surface area (Å²) in [7, 11) is -4.17. The van der Waals surface area contributed by atoms with E-state index in [0.29, 0.717) is 0 Å². The molecule has 0 unspecified atom stereocenters. The summed E-state index contributed by atoms with van der Waals surface area (Å²) in [4.78, 5) is 18.1. The maximum Gasteiger partial charge on any atom is 0.356 e. The lowest BCUT2D eigenvalue weighted by Crippen LogP contribution is -2.02. The molecule has 2 aromatic rings. The van der Waals surface area contributed by atoms with Gasteiger partial charge in [0.15, 0.2) is 0 Å². The van der Waals surface area contributed by atoms with Gasteiger partial charge in [0, 0.05) is 8.95 Å². The second-order valence-electron chi connectivity index (χ2n) is 3.72. The molecule has 0 aliphatic carbocycles. The first-order valence-corrected chi connectivity index (χ1v) is 8.19. The van der Waals surface area contributed by atoms with Crippen molar-refractivity contribution in [2.45, 2.75) is 0 Å². The van der Waals surface area contributed by atoms with E-state index in [1.165, 1.54) is 12.1 Å². The van der Waals surface area contributed by atoms with Gasteiger partial charge in [-0.1, -0.05) is 44.0 Å². The molecule has 2 rings (SSSR count). The lowest BCUT2D eigenvalue weighted by atomic mass is 10.1. The van der Waals surface area contributed by atoms with Gasteiger partial charge in [0.2, 0.25) is 0 Å². The van der Waals surface area contributed by atoms with E-state index in [2.05, 4.69) is 31.9 Å². The zero-order valence-electron chi connectivity index (χ0n) is 9.05. The predicted molar refractivity (Wildman–Crippen MR) is 79.0 cm³/mol. The van der Waals surface area contributed by atoms with Crippen LogP contribution >= 0.6 is 39.5 Å². The molecule has 2 N–H and O–H groups in total. The normalized spacial score (nSPS) is 11.6. The molecule has 3 nitrogen and oxygen atoms in total. The Hall–Kier alpha value is -0.450. The fourth-order valence-corrected chi connectivity index (χ4v) is 2.93. The first-order valence-electron chi connectivity index (χ1n) is 4.99. The van der Waals surface area contributed by atoms with Gasteiger partial charge in [-0.25, -0.2) is 0 Å². The summed E-state index contributed by atoms with van der Waals surface area (Å²) in [5.74, 6) is 0. The maximum absolute atomic E-state index is 11.1. The molecule has 0 atom stereocenters. The van der Waals surface area contributed by atoms with Crippen LogP contribution in [0.4, 0.5) is 0 Å². The van der Waals surface area contributed by atoms with Gasteiger partial charge >= 0.3 is 7.60 Å². The molecule has 0 aliphatic heterocycles. The van der Waals surface area contributed by atoms with Crippen molar-refractivity contribution in [2.75, 3.05) is 0 Å². The molecule has 94 valence electrons. The minimum Gasteiger partial charge on any atom is -0.321 e. The van der Waals surface area contributed by atoms with Gasteiger partial charge in [-0.15, -0.1) is 0 Å². The van der Waals surface area contributed by atoms with Crippen LogP contribution < -0.4 is 5.30 Å². The summed E-state index contributed by atoms with van der Waals surface area (Å²) in [6, 6.07) is 12.1. The Kier molecular flexibility index (Phi) is 4.09. The molecule has 18 heavy (non-hydrogen) atoms. The SMILES string of the molecule is O=P(O)(O)c1ccc(-c2cc(Br)ccc2Br)cc1. The summed E-state index contributed by atoms with van der Waals surface area (Å²) in [6.45, 7) is 0. The monoisotopic (exact) mass is 390 g/mol. The Morgan fingerprint density at radius 1 is 0.944 bits per heavy atom. The van der Waals surface area contributed by atoms with Gasteiger partial charge in [-0.2, -0.15) is 0 Å². The molecule has 0 aliphatic rings. The van der Waals surface area contributed by atoms with Crippen LogP contribution in [0.3, 0.4) is 0 Å². The Bertz CT molecular complexity index is 620. The zero-order chi connectivity index (χ0) is 13.3. The van der Waals surface area contributed by atoms with Gasteiger partial charge in [0.05, 0.1) is 5.30 Å². The molecule has 0 saturated carbocycles. The number of hydrogen-bond donors (Lipinski definition) is 2. The molecular formula is C12H9Br2O3P. The zero-order valence-corrected chi connectivity index (χ0v) is 13.1. The van der Waals surface area contributed by atoms with E-state index in [1.54, 1.807) is 12.1 Å². The number of benzene rings is 2. The highest BCUT2D eigenvalue weighted by Crippen LogP contribution is 2.35. The lowest BCUT2D eigenvalue weighted by Gasteiger charge is -2.08. The summed E-state index contributed by atoms with van der Waals surface area (Å²) < 4.78 is 12.9. The van der Waals surface area contributed by atoms with Gasteiger partial charge in [0.25, 0.3) is 0 Å². The molecule has 6 heteroatoms. The maximum atomic E-state index is 11.1. The quantitative estimate of drug-likeness (QED) is 0.767. The summed E-state index contributed by atoms with van der Waals surface area (Å²) in [5.41, 5.74) is 1.85. The van der Waals surface area contributed by atoms with Gasteiger partial charge in [-0.3, -0.25) is 4.57 Å². The number of hydrogen-bond acceptors (Lipinski definition) is 1. The van der Waals surface area contributed by atoms with Gasteiger partial charge < -0.3 is 9.79 Å². The highest BCUT2D eigenvalue weighted by atomic mass is 79.9. The van der Waals surface area contributed by atoms with Crippen LogP contribution in [0.25, 0.3) is 11.1 Å². The fourth-order valence-electron chi connectivity index (χ4n) is 1.55. The van der Waals surface area contributed by atoms with Crippen molar-refractivity contribution >= 4 is 44.8 Å². The first-order chi connectivity index (χ1) is 8.38. The molecular weight excluding hydrogens is 383 g/mol.